The van der Waals surface area contributed by atoms with Crippen molar-refractivity contribution in [3.8, 4) is 0 Å². The minimum Gasteiger partial charge on any atom is -0.310 e. The molecule has 2 atom stereocenters. The van der Waals surface area contributed by atoms with E-state index in [1.165, 1.54) is 45.2 Å². The van der Waals surface area contributed by atoms with E-state index in [4.69, 9.17) is 0 Å². The third kappa shape index (κ3) is 2.54. The third-order valence-corrected chi connectivity index (χ3v) is 4.56. The van der Waals surface area contributed by atoms with E-state index < -0.39 is 0 Å². The average molecular weight is 210 g/mol. The van der Waals surface area contributed by atoms with Gasteiger partial charge in [-0.15, -0.1) is 0 Å². The SMILES string of the molecule is CCC1(CN(C)C(C)C2CC2)CCCN1. The molecule has 1 aliphatic carbocycles. The van der Waals surface area contributed by atoms with Crippen molar-refractivity contribution in [3.63, 3.8) is 0 Å². The molecule has 88 valence electrons. The smallest absolute Gasteiger partial charge is 0.0306 e. The summed E-state index contributed by atoms with van der Waals surface area (Å²) >= 11 is 0. The molecule has 0 aromatic carbocycles. The van der Waals surface area contributed by atoms with E-state index in [0.29, 0.717) is 5.54 Å². The van der Waals surface area contributed by atoms with Gasteiger partial charge in [0, 0.05) is 18.1 Å². The Labute approximate surface area is 94.4 Å². The van der Waals surface area contributed by atoms with Crippen LogP contribution in [-0.2, 0) is 0 Å². The molecule has 2 heteroatoms. The van der Waals surface area contributed by atoms with E-state index in [9.17, 15) is 0 Å². The molecule has 0 radical (unpaired) electrons. The zero-order valence-electron chi connectivity index (χ0n) is 10.6. The van der Waals surface area contributed by atoms with Crippen LogP contribution >= 0.6 is 0 Å². The lowest BCUT2D eigenvalue weighted by atomic mass is 9.93. The Morgan fingerprint density at radius 1 is 1.47 bits per heavy atom. The number of hydrogen-bond acceptors (Lipinski definition) is 2. The first-order chi connectivity index (χ1) is 7.17. The highest BCUT2D eigenvalue weighted by molar-refractivity contribution is 4.96. The molecule has 1 aliphatic heterocycles. The lowest BCUT2D eigenvalue weighted by molar-refractivity contribution is 0.165. The summed E-state index contributed by atoms with van der Waals surface area (Å²) in [5.41, 5.74) is 0.428. The van der Waals surface area contributed by atoms with Crippen molar-refractivity contribution >= 4 is 0 Å². The first kappa shape index (κ1) is 11.4. The number of nitrogens with one attached hydrogen (secondary N) is 1. The van der Waals surface area contributed by atoms with Gasteiger partial charge in [0.25, 0.3) is 0 Å². The van der Waals surface area contributed by atoms with Crippen LogP contribution < -0.4 is 5.32 Å². The number of nitrogens with zero attached hydrogens (tertiary/aromatic N) is 1. The van der Waals surface area contributed by atoms with Gasteiger partial charge in [-0.3, -0.25) is 0 Å². The van der Waals surface area contributed by atoms with E-state index in [0.717, 1.165) is 12.0 Å². The van der Waals surface area contributed by atoms with Crippen LogP contribution in [0.4, 0.5) is 0 Å². The third-order valence-electron chi connectivity index (χ3n) is 4.56. The van der Waals surface area contributed by atoms with Crippen LogP contribution in [0, 0.1) is 5.92 Å². The lowest BCUT2D eigenvalue weighted by Gasteiger charge is -2.36. The summed E-state index contributed by atoms with van der Waals surface area (Å²) in [6.07, 6.45) is 6.91. The maximum absolute atomic E-state index is 3.72. The van der Waals surface area contributed by atoms with Gasteiger partial charge >= 0.3 is 0 Å². The van der Waals surface area contributed by atoms with E-state index >= 15 is 0 Å². The van der Waals surface area contributed by atoms with Crippen molar-refractivity contribution in [1.29, 1.82) is 0 Å². The predicted molar refractivity (Wildman–Crippen MR) is 65.1 cm³/mol. The molecule has 0 bridgehead atoms. The molecule has 1 heterocycles. The van der Waals surface area contributed by atoms with Crippen LogP contribution in [0.15, 0.2) is 0 Å². The first-order valence-corrected chi connectivity index (χ1v) is 6.62. The van der Waals surface area contributed by atoms with Gasteiger partial charge in [0.1, 0.15) is 0 Å². The Hall–Kier alpha value is -0.0800. The van der Waals surface area contributed by atoms with Gasteiger partial charge in [-0.25, -0.2) is 0 Å². The fourth-order valence-electron chi connectivity index (χ4n) is 2.98. The summed E-state index contributed by atoms with van der Waals surface area (Å²) in [7, 11) is 2.31. The largest absolute Gasteiger partial charge is 0.310 e. The fourth-order valence-corrected chi connectivity index (χ4v) is 2.98. The minimum atomic E-state index is 0.428. The molecule has 0 amide bonds. The van der Waals surface area contributed by atoms with Gasteiger partial charge in [-0.2, -0.15) is 0 Å². The molecule has 1 saturated heterocycles. The van der Waals surface area contributed by atoms with Gasteiger partial charge < -0.3 is 10.2 Å². The predicted octanol–water partition coefficient (Wildman–Crippen LogP) is 2.25. The van der Waals surface area contributed by atoms with Crippen molar-refractivity contribution in [2.24, 2.45) is 5.92 Å². The summed E-state index contributed by atoms with van der Waals surface area (Å²) in [6, 6.07) is 0.788. The van der Waals surface area contributed by atoms with E-state index in [2.05, 4.69) is 31.1 Å². The molecule has 0 aromatic heterocycles. The van der Waals surface area contributed by atoms with Crippen LogP contribution in [0.3, 0.4) is 0 Å². The zero-order valence-corrected chi connectivity index (χ0v) is 10.6. The van der Waals surface area contributed by atoms with Crippen LogP contribution in [0.5, 0.6) is 0 Å². The fraction of sp³-hybridized carbons (Fsp3) is 1.00. The topological polar surface area (TPSA) is 15.3 Å². The van der Waals surface area contributed by atoms with E-state index in [-0.39, 0.29) is 0 Å². The second kappa shape index (κ2) is 4.42. The Bertz CT molecular complexity index is 205. The van der Waals surface area contributed by atoms with E-state index in [1.807, 2.05) is 0 Å². The molecule has 1 N–H and O–H groups in total. The highest BCUT2D eigenvalue weighted by Crippen LogP contribution is 2.35. The van der Waals surface area contributed by atoms with Crippen molar-refractivity contribution in [1.82, 2.24) is 10.2 Å². The highest BCUT2D eigenvalue weighted by atomic mass is 15.2. The quantitative estimate of drug-likeness (QED) is 0.749. The molecule has 2 rings (SSSR count). The Balaban J connectivity index is 1.87. The maximum atomic E-state index is 3.72. The summed E-state index contributed by atoms with van der Waals surface area (Å²) in [5, 5.41) is 3.72. The molecule has 0 spiro atoms. The lowest BCUT2D eigenvalue weighted by Crippen LogP contribution is -2.50. The Kier molecular flexibility index (Phi) is 3.36. The van der Waals surface area contributed by atoms with Gasteiger partial charge in [0.2, 0.25) is 0 Å². The maximum Gasteiger partial charge on any atom is 0.0306 e. The first-order valence-electron chi connectivity index (χ1n) is 6.62. The average Bonchev–Trinajstić information content (AvgIpc) is 2.99. The van der Waals surface area contributed by atoms with Gasteiger partial charge in [-0.1, -0.05) is 6.92 Å². The molecule has 2 fully saturated rings. The van der Waals surface area contributed by atoms with Crippen molar-refractivity contribution in [2.75, 3.05) is 20.1 Å². The monoisotopic (exact) mass is 210 g/mol. The van der Waals surface area contributed by atoms with Crippen LogP contribution in [0.1, 0.15) is 46.0 Å². The Morgan fingerprint density at radius 3 is 2.67 bits per heavy atom. The summed E-state index contributed by atoms with van der Waals surface area (Å²) in [4.78, 5) is 2.58. The highest BCUT2D eigenvalue weighted by Gasteiger charge is 2.36. The molecule has 0 aromatic rings. The molecule has 15 heavy (non-hydrogen) atoms. The molecule has 2 nitrogen and oxygen atoms in total. The minimum absolute atomic E-state index is 0.428. The second-order valence-corrected chi connectivity index (χ2v) is 5.66. The summed E-state index contributed by atoms with van der Waals surface area (Å²) in [5.74, 6) is 0.991. The van der Waals surface area contributed by atoms with Gasteiger partial charge in [-0.05, 0) is 58.5 Å². The van der Waals surface area contributed by atoms with Crippen molar-refractivity contribution in [2.45, 2.75) is 57.5 Å². The summed E-state index contributed by atoms with van der Waals surface area (Å²) < 4.78 is 0. The Morgan fingerprint density at radius 2 is 2.20 bits per heavy atom. The van der Waals surface area contributed by atoms with Gasteiger partial charge in [0.15, 0.2) is 0 Å². The summed E-state index contributed by atoms with van der Waals surface area (Å²) in [6.45, 7) is 7.19. The van der Waals surface area contributed by atoms with Crippen molar-refractivity contribution in [3.05, 3.63) is 0 Å². The normalized spacial score (nSPS) is 33.6. The van der Waals surface area contributed by atoms with E-state index in [1.54, 1.807) is 0 Å². The molecule has 2 unspecified atom stereocenters. The van der Waals surface area contributed by atoms with Crippen LogP contribution in [0.25, 0.3) is 0 Å². The number of likely N-dealkylation sites (N-methyl/N-ethyl adjacent to an activating group) is 1. The number of hydrogen-bond donors (Lipinski definition) is 1. The van der Waals surface area contributed by atoms with Crippen molar-refractivity contribution < 1.29 is 0 Å². The standard InChI is InChI=1S/C13H26N2/c1-4-13(8-5-9-14-13)10-15(3)11(2)12-6-7-12/h11-12,14H,4-10H2,1-3H3. The molecular formula is C13H26N2. The number of rotatable bonds is 5. The van der Waals surface area contributed by atoms with Crippen LogP contribution in [0.2, 0.25) is 0 Å². The second-order valence-electron chi connectivity index (χ2n) is 5.66. The van der Waals surface area contributed by atoms with Crippen LogP contribution in [-0.4, -0.2) is 36.6 Å². The molecular weight excluding hydrogens is 184 g/mol. The molecule has 2 aliphatic rings. The van der Waals surface area contributed by atoms with Gasteiger partial charge in [0.05, 0.1) is 0 Å². The zero-order chi connectivity index (χ0) is 10.9. The molecule has 1 saturated carbocycles.